The van der Waals surface area contributed by atoms with Crippen LogP contribution in [0.15, 0.2) is 36.5 Å². The number of ether oxygens (including phenoxy) is 1. The van der Waals surface area contributed by atoms with Crippen molar-refractivity contribution in [2.75, 3.05) is 12.4 Å². The summed E-state index contributed by atoms with van der Waals surface area (Å²) < 4.78 is 6.94. The molecule has 1 amide bonds. The van der Waals surface area contributed by atoms with Crippen molar-refractivity contribution in [1.29, 1.82) is 0 Å². The molecule has 1 N–H and O–H groups in total. The highest BCUT2D eigenvalue weighted by Gasteiger charge is 2.17. The van der Waals surface area contributed by atoms with Crippen molar-refractivity contribution in [3.63, 3.8) is 0 Å². The van der Waals surface area contributed by atoms with Crippen LogP contribution in [0.1, 0.15) is 11.3 Å². The second-order valence-electron chi connectivity index (χ2n) is 5.09. The molecule has 0 saturated heterocycles. The lowest BCUT2D eigenvalue weighted by Crippen LogP contribution is -2.43. The molecule has 0 atom stereocenters. The molecule has 0 unspecified atom stereocenters. The van der Waals surface area contributed by atoms with Crippen molar-refractivity contribution in [1.82, 2.24) is 0 Å². The molecule has 0 radical (unpaired) electrons. The highest BCUT2D eigenvalue weighted by atomic mass is 16.6. The first-order valence-corrected chi connectivity index (χ1v) is 7.00. The van der Waals surface area contributed by atoms with E-state index in [0.29, 0.717) is 5.75 Å². The van der Waals surface area contributed by atoms with Gasteiger partial charge in [-0.1, -0.05) is 0 Å². The number of nitro benzene ring substituents is 1. The number of hydrogen-bond acceptors (Lipinski definition) is 4. The van der Waals surface area contributed by atoms with Crippen molar-refractivity contribution in [3.8, 4) is 5.75 Å². The lowest BCUT2D eigenvalue weighted by Gasteiger charge is -2.09. The molecule has 120 valence electrons. The van der Waals surface area contributed by atoms with Gasteiger partial charge in [-0.15, -0.1) is 0 Å². The summed E-state index contributed by atoms with van der Waals surface area (Å²) in [6, 6.07) is 7.90. The monoisotopic (exact) mass is 316 g/mol. The smallest absolute Gasteiger partial charge is 0.290 e. The van der Waals surface area contributed by atoms with Gasteiger partial charge in [-0.05, 0) is 19.1 Å². The van der Waals surface area contributed by atoms with E-state index in [4.69, 9.17) is 4.74 Å². The second kappa shape index (κ2) is 6.87. The van der Waals surface area contributed by atoms with Crippen LogP contribution in [0.4, 0.5) is 11.4 Å². The fraction of sp³-hybridized carbons (Fsp3) is 0.250. The van der Waals surface area contributed by atoms with Gasteiger partial charge in [0.2, 0.25) is 6.54 Å². The number of carbonyl (C=O) groups is 1. The van der Waals surface area contributed by atoms with Crippen LogP contribution in [0.25, 0.3) is 0 Å². The van der Waals surface area contributed by atoms with Crippen LogP contribution in [-0.2, 0) is 11.3 Å². The highest BCUT2D eigenvalue weighted by molar-refractivity contribution is 5.91. The van der Waals surface area contributed by atoms with Crippen LogP contribution >= 0.6 is 0 Å². The average molecular weight is 316 g/mol. The van der Waals surface area contributed by atoms with Gasteiger partial charge in [0.05, 0.1) is 17.7 Å². The molecule has 2 aromatic rings. The van der Waals surface area contributed by atoms with Gasteiger partial charge in [0.25, 0.3) is 11.6 Å². The number of hydrogen-bond donors (Lipinski definition) is 1. The molecule has 0 spiro atoms. The molecule has 7 nitrogen and oxygen atoms in total. The van der Waals surface area contributed by atoms with Crippen LogP contribution in [0, 0.1) is 24.0 Å². The van der Waals surface area contributed by atoms with Crippen molar-refractivity contribution in [2.24, 2.45) is 0 Å². The molecule has 23 heavy (non-hydrogen) atoms. The van der Waals surface area contributed by atoms with E-state index in [1.54, 1.807) is 0 Å². The minimum Gasteiger partial charge on any atom is -0.495 e. The highest BCUT2D eigenvalue weighted by Crippen LogP contribution is 2.28. The second-order valence-corrected chi connectivity index (χ2v) is 5.09. The summed E-state index contributed by atoms with van der Waals surface area (Å²) in [6.07, 6.45) is 1.81. The zero-order chi connectivity index (χ0) is 17.0. The Hall–Kier alpha value is -2.96. The number of aryl methyl sites for hydroxylation is 1. The third kappa shape index (κ3) is 3.82. The van der Waals surface area contributed by atoms with Gasteiger partial charge < -0.3 is 10.1 Å². The predicted octanol–water partition coefficient (Wildman–Crippen LogP) is 2.15. The van der Waals surface area contributed by atoms with Crippen molar-refractivity contribution >= 4 is 17.3 Å². The molecule has 0 aliphatic rings. The Kier molecular flexibility index (Phi) is 4.90. The van der Waals surface area contributed by atoms with Crippen molar-refractivity contribution in [2.45, 2.75) is 20.4 Å². The van der Waals surface area contributed by atoms with E-state index in [9.17, 15) is 14.9 Å². The Balaban J connectivity index is 2.21. The van der Waals surface area contributed by atoms with Crippen LogP contribution in [-0.4, -0.2) is 17.9 Å². The molecule has 0 aliphatic carbocycles. The number of amides is 1. The molecule has 0 bridgehead atoms. The Morgan fingerprint density at radius 3 is 2.74 bits per heavy atom. The first-order valence-electron chi connectivity index (χ1n) is 7.00. The summed E-state index contributed by atoms with van der Waals surface area (Å²) in [4.78, 5) is 22.6. The number of aromatic nitrogens is 1. The maximum atomic E-state index is 12.2. The van der Waals surface area contributed by atoms with Crippen molar-refractivity contribution < 1.29 is 19.0 Å². The maximum absolute atomic E-state index is 12.2. The number of nitrogens with zero attached hydrogens (tertiary/aromatic N) is 2. The number of methoxy groups -OCH3 is 1. The standard InChI is InChI=1S/C16H17N3O4/c1-11-5-4-8-18(12(11)2)10-16(20)17-14-9-13(19(21)22)6-7-15(14)23-3/h4-9H,10H2,1-3H3/p+1. The number of nitro groups is 1. The van der Waals surface area contributed by atoms with Gasteiger partial charge in [-0.3, -0.25) is 14.9 Å². The number of carbonyl (C=O) groups excluding carboxylic acids is 1. The lowest BCUT2D eigenvalue weighted by atomic mass is 10.2. The minimum absolute atomic E-state index is 0.110. The quantitative estimate of drug-likeness (QED) is 0.520. The number of benzene rings is 1. The van der Waals surface area contributed by atoms with Gasteiger partial charge in [0.15, 0.2) is 11.9 Å². The number of pyridine rings is 1. The van der Waals surface area contributed by atoms with E-state index < -0.39 is 4.92 Å². The Labute approximate surface area is 133 Å². The number of nitrogens with one attached hydrogen (secondary N) is 1. The minimum atomic E-state index is -0.519. The van der Waals surface area contributed by atoms with Crippen LogP contribution in [0.5, 0.6) is 5.75 Å². The lowest BCUT2D eigenvalue weighted by molar-refractivity contribution is -0.690. The van der Waals surface area contributed by atoms with Crippen LogP contribution in [0.3, 0.4) is 0 Å². The molecule has 0 aliphatic heterocycles. The van der Waals surface area contributed by atoms with Gasteiger partial charge in [-0.2, -0.15) is 4.57 Å². The molecule has 0 saturated carbocycles. The van der Waals surface area contributed by atoms with E-state index in [1.807, 2.05) is 36.7 Å². The summed E-state index contributed by atoms with van der Waals surface area (Å²) in [5.74, 6) is 0.0809. The fourth-order valence-corrected chi connectivity index (χ4v) is 2.17. The summed E-state index contributed by atoms with van der Waals surface area (Å²) in [7, 11) is 1.44. The first-order chi connectivity index (χ1) is 10.9. The van der Waals surface area contributed by atoms with E-state index in [1.165, 1.54) is 25.3 Å². The van der Waals surface area contributed by atoms with Gasteiger partial charge >= 0.3 is 0 Å². The number of anilines is 1. The molecule has 2 rings (SSSR count). The van der Waals surface area contributed by atoms with Gasteiger partial charge in [0.1, 0.15) is 5.75 Å². The molecule has 1 aromatic heterocycles. The van der Waals surface area contributed by atoms with E-state index in [2.05, 4.69) is 5.32 Å². The largest absolute Gasteiger partial charge is 0.495 e. The molecule has 7 heteroatoms. The Bertz CT molecular complexity index is 759. The van der Waals surface area contributed by atoms with Crippen LogP contribution in [0.2, 0.25) is 0 Å². The molecule has 1 heterocycles. The summed E-state index contributed by atoms with van der Waals surface area (Å²) in [5, 5.41) is 13.5. The zero-order valence-electron chi connectivity index (χ0n) is 13.2. The summed E-state index contributed by atoms with van der Waals surface area (Å²) >= 11 is 0. The normalized spacial score (nSPS) is 10.2. The summed E-state index contributed by atoms with van der Waals surface area (Å²) in [6.45, 7) is 4.00. The predicted molar refractivity (Wildman–Crippen MR) is 84.4 cm³/mol. The summed E-state index contributed by atoms with van der Waals surface area (Å²) in [5.41, 5.74) is 2.22. The third-order valence-electron chi connectivity index (χ3n) is 3.60. The van der Waals surface area contributed by atoms with Gasteiger partial charge in [0, 0.05) is 30.7 Å². The van der Waals surface area contributed by atoms with Gasteiger partial charge in [-0.25, -0.2) is 0 Å². The third-order valence-corrected chi connectivity index (χ3v) is 3.60. The average Bonchev–Trinajstić information content (AvgIpc) is 2.51. The van der Waals surface area contributed by atoms with Crippen LogP contribution < -0.4 is 14.6 Å². The topological polar surface area (TPSA) is 85.3 Å². The number of rotatable bonds is 5. The zero-order valence-corrected chi connectivity index (χ0v) is 13.2. The fourth-order valence-electron chi connectivity index (χ4n) is 2.17. The Morgan fingerprint density at radius 1 is 1.35 bits per heavy atom. The maximum Gasteiger partial charge on any atom is 0.290 e. The molecule has 1 aromatic carbocycles. The molecular formula is C16H18N3O4+. The SMILES string of the molecule is COc1ccc([N+](=O)[O-])cc1NC(=O)C[n+]1cccc(C)c1C. The van der Waals surface area contributed by atoms with E-state index in [0.717, 1.165) is 11.3 Å². The van der Waals surface area contributed by atoms with E-state index in [-0.39, 0.29) is 23.8 Å². The first kappa shape index (κ1) is 16.4. The molecule has 0 fully saturated rings. The molecular weight excluding hydrogens is 298 g/mol. The Morgan fingerprint density at radius 2 is 2.09 bits per heavy atom. The number of non-ortho nitro benzene ring substituents is 1. The van der Waals surface area contributed by atoms with Crippen molar-refractivity contribution in [3.05, 3.63) is 57.9 Å². The van der Waals surface area contributed by atoms with E-state index >= 15 is 0 Å².